The molecule has 0 aliphatic carbocycles. The van der Waals surface area contributed by atoms with Crippen LogP contribution in [0.1, 0.15) is 12.8 Å². The zero-order valence-corrected chi connectivity index (χ0v) is 5.97. The summed E-state index contributed by atoms with van der Waals surface area (Å²) in [6.07, 6.45) is 1.60. The van der Waals surface area contributed by atoms with Gasteiger partial charge in [0.05, 0.1) is 0 Å². The minimum Gasteiger partial charge on any atom is -0.329 e. The van der Waals surface area contributed by atoms with Gasteiger partial charge in [-0.25, -0.2) is 5.43 Å². The molecule has 1 fully saturated rings. The Morgan fingerprint density at radius 1 is 1.70 bits per heavy atom. The molecule has 1 heterocycles. The highest BCUT2D eigenvalue weighted by Crippen LogP contribution is 1.99. The van der Waals surface area contributed by atoms with Crippen LogP contribution >= 0.6 is 0 Å². The zero-order chi connectivity index (χ0) is 7.40. The minimum atomic E-state index is 0.164. The predicted octanol–water partition coefficient (Wildman–Crippen LogP) is -0.928. The lowest BCUT2D eigenvalue weighted by molar-refractivity contribution is -0.136. The molecule has 0 bridgehead atoms. The summed E-state index contributed by atoms with van der Waals surface area (Å²) in [5.41, 5.74) is 8.26. The fraction of sp³-hybridized carbons (Fsp3) is 0.833. The van der Waals surface area contributed by atoms with Gasteiger partial charge in [0, 0.05) is 26.1 Å². The molecule has 0 unspecified atom stereocenters. The van der Waals surface area contributed by atoms with Crippen molar-refractivity contribution in [1.82, 2.24) is 10.4 Å². The van der Waals surface area contributed by atoms with Gasteiger partial charge in [-0.1, -0.05) is 0 Å². The number of nitrogens with two attached hydrogens (primary N) is 1. The van der Waals surface area contributed by atoms with Crippen LogP contribution in [0.5, 0.6) is 0 Å². The van der Waals surface area contributed by atoms with Gasteiger partial charge < -0.3 is 5.73 Å². The molecule has 0 aromatic rings. The van der Waals surface area contributed by atoms with Crippen LogP contribution in [0.3, 0.4) is 0 Å². The third-order valence-corrected chi connectivity index (χ3v) is 1.52. The van der Waals surface area contributed by atoms with Crippen LogP contribution in [0.2, 0.25) is 0 Å². The first-order valence-corrected chi connectivity index (χ1v) is 3.58. The Morgan fingerprint density at radius 3 is 3.10 bits per heavy atom. The number of rotatable bonds is 2. The van der Waals surface area contributed by atoms with E-state index in [1.807, 2.05) is 0 Å². The lowest BCUT2D eigenvalue weighted by atomic mass is 10.2. The van der Waals surface area contributed by atoms with Gasteiger partial charge in [0.1, 0.15) is 0 Å². The molecule has 0 spiro atoms. The molecule has 3 N–H and O–H groups in total. The Kier molecular flexibility index (Phi) is 2.65. The van der Waals surface area contributed by atoms with Gasteiger partial charge in [0.15, 0.2) is 0 Å². The van der Waals surface area contributed by atoms with Gasteiger partial charge in [-0.05, 0) is 6.42 Å². The minimum absolute atomic E-state index is 0.164. The monoisotopic (exact) mass is 143 g/mol. The Labute approximate surface area is 60.3 Å². The van der Waals surface area contributed by atoms with Crippen LogP contribution in [0.25, 0.3) is 0 Å². The van der Waals surface area contributed by atoms with Crippen LogP contribution in [0.15, 0.2) is 0 Å². The molecule has 0 aromatic carbocycles. The molecule has 1 saturated heterocycles. The molecule has 0 atom stereocenters. The van der Waals surface area contributed by atoms with Crippen molar-refractivity contribution in [3.8, 4) is 0 Å². The van der Waals surface area contributed by atoms with Crippen molar-refractivity contribution >= 4 is 5.91 Å². The van der Waals surface area contributed by atoms with Gasteiger partial charge in [0.25, 0.3) is 0 Å². The Morgan fingerprint density at radius 2 is 2.50 bits per heavy atom. The fourth-order valence-corrected chi connectivity index (χ4v) is 1.01. The summed E-state index contributed by atoms with van der Waals surface area (Å²) in [6, 6.07) is 0. The molecule has 10 heavy (non-hydrogen) atoms. The van der Waals surface area contributed by atoms with E-state index in [2.05, 4.69) is 5.43 Å². The molecule has 0 aromatic heterocycles. The van der Waals surface area contributed by atoms with Crippen molar-refractivity contribution in [3.63, 3.8) is 0 Å². The molecule has 4 heteroatoms. The number of hydrogen-bond donors (Lipinski definition) is 2. The lowest BCUT2D eigenvalue weighted by Gasteiger charge is -2.26. The van der Waals surface area contributed by atoms with Crippen LogP contribution in [-0.2, 0) is 4.79 Å². The summed E-state index contributed by atoms with van der Waals surface area (Å²) < 4.78 is 0. The van der Waals surface area contributed by atoms with E-state index in [9.17, 15) is 4.79 Å². The molecule has 0 saturated carbocycles. The van der Waals surface area contributed by atoms with Gasteiger partial charge in [0.2, 0.25) is 5.91 Å². The summed E-state index contributed by atoms with van der Waals surface area (Å²) >= 11 is 0. The summed E-state index contributed by atoms with van der Waals surface area (Å²) in [6.45, 7) is 2.04. The third kappa shape index (κ3) is 1.68. The largest absolute Gasteiger partial charge is 0.329 e. The second-order valence-corrected chi connectivity index (χ2v) is 2.35. The van der Waals surface area contributed by atoms with Crippen LogP contribution in [0, 0.1) is 0 Å². The molecule has 1 aliphatic rings. The Bertz CT molecular complexity index is 124. The van der Waals surface area contributed by atoms with E-state index in [4.69, 9.17) is 5.73 Å². The highest BCUT2D eigenvalue weighted by atomic mass is 16.2. The zero-order valence-electron chi connectivity index (χ0n) is 5.97. The van der Waals surface area contributed by atoms with E-state index in [-0.39, 0.29) is 5.91 Å². The highest BCUT2D eigenvalue weighted by Gasteiger charge is 2.15. The standard InChI is InChI=1S/C6H13N3O/c7-3-5-9-6(10)2-1-4-8-9/h8H,1-5,7H2. The molecule has 1 aliphatic heterocycles. The molecule has 58 valence electrons. The number of carbonyl (C=O) groups excluding carboxylic acids is 1. The summed E-state index contributed by atoms with van der Waals surface area (Å²) in [7, 11) is 0. The number of nitrogens with zero attached hydrogens (tertiary/aromatic N) is 1. The number of nitrogens with one attached hydrogen (secondary N) is 1. The topological polar surface area (TPSA) is 58.4 Å². The second kappa shape index (κ2) is 3.53. The van der Waals surface area contributed by atoms with Crippen molar-refractivity contribution in [3.05, 3.63) is 0 Å². The Balaban J connectivity index is 2.32. The first-order valence-electron chi connectivity index (χ1n) is 3.58. The molecular weight excluding hydrogens is 130 g/mol. The molecule has 4 nitrogen and oxygen atoms in total. The van der Waals surface area contributed by atoms with Crippen molar-refractivity contribution in [2.45, 2.75) is 12.8 Å². The quantitative estimate of drug-likeness (QED) is 0.525. The number of carbonyl (C=O) groups is 1. The van der Waals surface area contributed by atoms with Gasteiger partial charge >= 0.3 is 0 Å². The van der Waals surface area contributed by atoms with E-state index >= 15 is 0 Å². The van der Waals surface area contributed by atoms with Gasteiger partial charge in [-0.15, -0.1) is 0 Å². The van der Waals surface area contributed by atoms with Crippen LogP contribution < -0.4 is 11.2 Å². The molecule has 0 radical (unpaired) electrons. The summed E-state index contributed by atoms with van der Waals surface area (Å²) in [4.78, 5) is 11.0. The van der Waals surface area contributed by atoms with Crippen LogP contribution in [0.4, 0.5) is 0 Å². The maximum atomic E-state index is 11.0. The first kappa shape index (κ1) is 7.50. The van der Waals surface area contributed by atoms with E-state index in [1.54, 1.807) is 5.01 Å². The lowest BCUT2D eigenvalue weighted by Crippen LogP contribution is -2.49. The summed E-state index contributed by atoms with van der Waals surface area (Å²) in [5, 5.41) is 1.60. The second-order valence-electron chi connectivity index (χ2n) is 2.35. The van der Waals surface area contributed by atoms with Gasteiger partial charge in [-0.3, -0.25) is 9.80 Å². The third-order valence-electron chi connectivity index (χ3n) is 1.52. The Hall–Kier alpha value is -0.610. The highest BCUT2D eigenvalue weighted by molar-refractivity contribution is 5.76. The predicted molar refractivity (Wildman–Crippen MR) is 38.0 cm³/mol. The van der Waals surface area contributed by atoms with Crippen molar-refractivity contribution in [1.29, 1.82) is 0 Å². The summed E-state index contributed by atoms with van der Waals surface area (Å²) in [5.74, 6) is 0.164. The average Bonchev–Trinajstić information content (AvgIpc) is 1.94. The molecule has 1 amide bonds. The fourth-order valence-electron chi connectivity index (χ4n) is 1.01. The molecular formula is C6H13N3O. The number of hydrogen-bond acceptors (Lipinski definition) is 3. The van der Waals surface area contributed by atoms with Crippen molar-refractivity contribution < 1.29 is 4.79 Å². The normalized spacial score (nSPS) is 19.7. The maximum Gasteiger partial charge on any atom is 0.236 e. The average molecular weight is 143 g/mol. The van der Waals surface area contributed by atoms with E-state index in [0.29, 0.717) is 19.5 Å². The van der Waals surface area contributed by atoms with Crippen molar-refractivity contribution in [2.75, 3.05) is 19.6 Å². The van der Waals surface area contributed by atoms with E-state index < -0.39 is 0 Å². The van der Waals surface area contributed by atoms with Gasteiger partial charge in [-0.2, -0.15) is 0 Å². The van der Waals surface area contributed by atoms with Crippen LogP contribution in [-0.4, -0.2) is 30.6 Å². The molecule has 1 rings (SSSR count). The van der Waals surface area contributed by atoms with E-state index in [1.165, 1.54) is 0 Å². The first-order chi connectivity index (χ1) is 4.84. The SMILES string of the molecule is NCCN1NCCCC1=O. The smallest absolute Gasteiger partial charge is 0.236 e. The number of hydrazine groups is 1. The maximum absolute atomic E-state index is 11.0. The number of amides is 1. The van der Waals surface area contributed by atoms with E-state index in [0.717, 1.165) is 13.0 Å². The van der Waals surface area contributed by atoms with Crippen molar-refractivity contribution in [2.24, 2.45) is 5.73 Å².